The van der Waals surface area contributed by atoms with E-state index in [0.717, 1.165) is 15.9 Å². The Balaban J connectivity index is 2.61. The molecule has 4 nitrogen and oxygen atoms in total. The first-order chi connectivity index (χ1) is 7.09. The van der Waals surface area contributed by atoms with Gasteiger partial charge in [-0.05, 0) is 29.7 Å². The number of hydrogen-bond donors (Lipinski definition) is 1. The topological polar surface area (TPSA) is 53.4 Å². The zero-order valence-corrected chi connectivity index (χ0v) is 9.21. The summed E-state index contributed by atoms with van der Waals surface area (Å²) in [5.41, 5.74) is 0.302. The third kappa shape index (κ3) is 1.66. The molecule has 0 bridgehead atoms. The first-order valence-corrected chi connectivity index (χ1v) is 5.17. The maximum absolute atomic E-state index is 10.8. The summed E-state index contributed by atoms with van der Waals surface area (Å²) in [6.45, 7) is 0. The minimum absolute atomic E-state index is 0.302. The van der Waals surface area contributed by atoms with Crippen LogP contribution in [-0.2, 0) is 0 Å². The molecule has 0 fully saturated rings. The van der Waals surface area contributed by atoms with Gasteiger partial charge in [-0.3, -0.25) is 0 Å². The summed E-state index contributed by atoms with van der Waals surface area (Å²) in [5, 5.41) is 9.83. The molecule has 0 amide bonds. The van der Waals surface area contributed by atoms with Gasteiger partial charge in [0.05, 0.1) is 10.3 Å². The maximum atomic E-state index is 10.8. The van der Waals surface area contributed by atoms with Gasteiger partial charge < -0.3 is 10.0 Å². The van der Waals surface area contributed by atoms with Crippen LogP contribution in [0.4, 0.5) is 5.82 Å². The van der Waals surface area contributed by atoms with Crippen molar-refractivity contribution in [3.63, 3.8) is 0 Å². The van der Waals surface area contributed by atoms with E-state index in [4.69, 9.17) is 5.11 Å². The van der Waals surface area contributed by atoms with Gasteiger partial charge in [-0.15, -0.1) is 0 Å². The number of aromatic nitrogens is 1. The normalized spacial score (nSPS) is 10.5. The van der Waals surface area contributed by atoms with E-state index in [1.807, 2.05) is 19.0 Å². The van der Waals surface area contributed by atoms with Crippen molar-refractivity contribution in [3.8, 4) is 0 Å². The van der Waals surface area contributed by atoms with Crippen LogP contribution in [0.2, 0.25) is 0 Å². The highest BCUT2D eigenvalue weighted by Gasteiger charge is 2.10. The summed E-state index contributed by atoms with van der Waals surface area (Å²) in [6, 6.07) is 5.06. The van der Waals surface area contributed by atoms with Gasteiger partial charge >= 0.3 is 5.97 Å². The Hall–Kier alpha value is -1.62. The Morgan fingerprint density at radius 2 is 2.20 bits per heavy atom. The van der Waals surface area contributed by atoms with Gasteiger partial charge in [0.15, 0.2) is 0 Å². The zero-order chi connectivity index (χ0) is 11.0. The van der Waals surface area contributed by atoms with Gasteiger partial charge in [-0.1, -0.05) is 0 Å². The number of anilines is 1. The highest BCUT2D eigenvalue weighted by Crippen LogP contribution is 2.29. The van der Waals surface area contributed by atoms with Crippen LogP contribution in [0.15, 0.2) is 18.2 Å². The van der Waals surface area contributed by atoms with E-state index < -0.39 is 5.97 Å². The van der Waals surface area contributed by atoms with Crippen LogP contribution in [0.25, 0.3) is 10.1 Å². The highest BCUT2D eigenvalue weighted by atomic mass is 32.1. The van der Waals surface area contributed by atoms with E-state index in [2.05, 4.69) is 4.37 Å². The van der Waals surface area contributed by atoms with E-state index >= 15 is 0 Å². The second-order valence-electron chi connectivity index (χ2n) is 3.42. The number of carboxylic acids is 1. The van der Waals surface area contributed by atoms with Crippen molar-refractivity contribution < 1.29 is 9.90 Å². The largest absolute Gasteiger partial charge is 0.478 e. The SMILES string of the molecule is CN(C)c1nsc2cc(C(=O)O)ccc12. The first kappa shape index (κ1) is 9.92. The number of rotatable bonds is 2. The fraction of sp³-hybridized carbons (Fsp3) is 0.200. The fourth-order valence-electron chi connectivity index (χ4n) is 1.38. The molecule has 15 heavy (non-hydrogen) atoms. The van der Waals surface area contributed by atoms with Crippen LogP contribution in [0.3, 0.4) is 0 Å². The second kappa shape index (κ2) is 3.51. The standard InChI is InChI=1S/C10H10N2O2S/c1-12(2)9-7-4-3-6(10(13)14)5-8(7)15-11-9/h3-5H,1-2H3,(H,13,14). The molecule has 5 heteroatoms. The van der Waals surface area contributed by atoms with Crippen LogP contribution >= 0.6 is 11.5 Å². The predicted molar refractivity (Wildman–Crippen MR) is 60.9 cm³/mol. The molecular weight excluding hydrogens is 212 g/mol. The number of benzene rings is 1. The number of carboxylic acid groups (broad SMARTS) is 1. The molecule has 2 aromatic rings. The number of aromatic carboxylic acids is 1. The number of nitrogens with zero attached hydrogens (tertiary/aromatic N) is 2. The molecular formula is C10H10N2O2S. The maximum Gasteiger partial charge on any atom is 0.335 e. The Morgan fingerprint density at radius 1 is 1.47 bits per heavy atom. The van der Waals surface area contributed by atoms with Crippen molar-refractivity contribution in [3.05, 3.63) is 23.8 Å². The van der Waals surface area contributed by atoms with Crippen LogP contribution < -0.4 is 4.90 Å². The zero-order valence-electron chi connectivity index (χ0n) is 8.39. The molecule has 0 radical (unpaired) electrons. The molecule has 78 valence electrons. The Labute approximate surface area is 90.9 Å². The van der Waals surface area contributed by atoms with Gasteiger partial charge in [-0.2, -0.15) is 4.37 Å². The lowest BCUT2D eigenvalue weighted by Gasteiger charge is -2.07. The molecule has 2 rings (SSSR count). The first-order valence-electron chi connectivity index (χ1n) is 4.39. The Bertz CT molecular complexity index is 519. The molecule has 1 N–H and O–H groups in total. The van der Waals surface area contributed by atoms with Crippen molar-refractivity contribution in [1.29, 1.82) is 0 Å². The van der Waals surface area contributed by atoms with Crippen LogP contribution in [0.5, 0.6) is 0 Å². The molecule has 0 aliphatic heterocycles. The van der Waals surface area contributed by atoms with Gasteiger partial charge in [0.2, 0.25) is 0 Å². The number of carbonyl (C=O) groups is 1. The Morgan fingerprint density at radius 3 is 2.80 bits per heavy atom. The van der Waals surface area contributed by atoms with Crippen molar-refractivity contribution in [2.45, 2.75) is 0 Å². The molecule has 1 aromatic heterocycles. The summed E-state index contributed by atoms with van der Waals surface area (Å²) in [6.07, 6.45) is 0. The van der Waals surface area contributed by atoms with E-state index in [1.165, 1.54) is 11.5 Å². The van der Waals surface area contributed by atoms with Crippen molar-refractivity contribution in [1.82, 2.24) is 4.37 Å². The summed E-state index contributed by atoms with van der Waals surface area (Å²) in [4.78, 5) is 12.7. The number of hydrogen-bond acceptors (Lipinski definition) is 4. The lowest BCUT2D eigenvalue weighted by Crippen LogP contribution is -2.08. The average Bonchev–Trinajstić information content (AvgIpc) is 2.59. The molecule has 0 atom stereocenters. The smallest absolute Gasteiger partial charge is 0.335 e. The molecule has 0 spiro atoms. The van der Waals surface area contributed by atoms with E-state index in [-0.39, 0.29) is 0 Å². The number of fused-ring (bicyclic) bond motifs is 1. The molecule has 0 saturated heterocycles. The van der Waals surface area contributed by atoms with Crippen molar-refractivity contribution in [2.24, 2.45) is 0 Å². The van der Waals surface area contributed by atoms with Crippen LogP contribution in [-0.4, -0.2) is 29.5 Å². The fourth-order valence-corrected chi connectivity index (χ4v) is 2.26. The van der Waals surface area contributed by atoms with E-state index in [0.29, 0.717) is 5.56 Å². The van der Waals surface area contributed by atoms with E-state index in [9.17, 15) is 4.79 Å². The molecule has 1 aromatic carbocycles. The molecule has 0 saturated carbocycles. The van der Waals surface area contributed by atoms with Gasteiger partial charge in [0.25, 0.3) is 0 Å². The minimum Gasteiger partial charge on any atom is -0.478 e. The quantitative estimate of drug-likeness (QED) is 0.845. The van der Waals surface area contributed by atoms with Crippen molar-refractivity contribution in [2.75, 3.05) is 19.0 Å². The van der Waals surface area contributed by atoms with Crippen molar-refractivity contribution >= 4 is 33.4 Å². The highest BCUT2D eigenvalue weighted by molar-refractivity contribution is 7.13. The summed E-state index contributed by atoms with van der Waals surface area (Å²) in [7, 11) is 3.83. The molecule has 0 aliphatic carbocycles. The predicted octanol–water partition coefficient (Wildman–Crippen LogP) is 2.06. The van der Waals surface area contributed by atoms with Gasteiger partial charge in [0, 0.05) is 19.5 Å². The monoisotopic (exact) mass is 222 g/mol. The molecule has 0 aliphatic rings. The summed E-state index contributed by atoms with van der Waals surface area (Å²) < 4.78 is 5.17. The third-order valence-corrected chi connectivity index (χ3v) is 2.92. The lowest BCUT2D eigenvalue weighted by atomic mass is 10.2. The molecule has 1 heterocycles. The molecule has 0 unspecified atom stereocenters. The van der Waals surface area contributed by atoms with Crippen LogP contribution in [0.1, 0.15) is 10.4 Å². The summed E-state index contributed by atoms with van der Waals surface area (Å²) in [5.74, 6) is -0.0244. The van der Waals surface area contributed by atoms with Crippen LogP contribution in [0, 0.1) is 0 Å². The van der Waals surface area contributed by atoms with Gasteiger partial charge in [0.1, 0.15) is 5.82 Å². The lowest BCUT2D eigenvalue weighted by molar-refractivity contribution is 0.0697. The van der Waals surface area contributed by atoms with E-state index in [1.54, 1.807) is 18.2 Å². The average molecular weight is 222 g/mol. The van der Waals surface area contributed by atoms with Gasteiger partial charge in [-0.25, -0.2) is 4.79 Å². The Kier molecular flexibility index (Phi) is 2.32. The second-order valence-corrected chi connectivity index (χ2v) is 4.22. The minimum atomic E-state index is -0.906. The third-order valence-electron chi connectivity index (χ3n) is 2.12. The summed E-state index contributed by atoms with van der Waals surface area (Å²) >= 11 is 1.32.